The fourth-order valence-corrected chi connectivity index (χ4v) is 4.07. The maximum absolute atomic E-state index is 11.0. The van der Waals surface area contributed by atoms with Crippen LogP contribution in [0.1, 0.15) is 30.9 Å². The molecule has 1 fully saturated rings. The number of fused-ring (bicyclic) bond motifs is 3. The Kier molecular flexibility index (Phi) is 3.76. The number of nitrogens with zero attached hydrogens (tertiary/aromatic N) is 3. The van der Waals surface area contributed by atoms with E-state index in [1.807, 2.05) is 24.7 Å². The number of aliphatic hydroxyl groups is 1. The van der Waals surface area contributed by atoms with E-state index in [0.717, 1.165) is 18.5 Å². The number of aromatic nitrogens is 2. The highest BCUT2D eigenvalue weighted by molar-refractivity contribution is 5.69. The van der Waals surface area contributed by atoms with Crippen LogP contribution in [0.25, 0.3) is 11.3 Å². The molecule has 4 rings (SSSR count). The van der Waals surface area contributed by atoms with Gasteiger partial charge in [0.2, 0.25) is 0 Å². The van der Waals surface area contributed by atoms with Crippen LogP contribution in [0.2, 0.25) is 0 Å². The third kappa shape index (κ3) is 2.47. The van der Waals surface area contributed by atoms with Gasteiger partial charge in [-0.25, -0.2) is 9.78 Å². The molecule has 0 saturated carbocycles. The number of piperidine rings is 1. The number of carboxylic acid groups (broad SMARTS) is 1. The number of hydrogen-bond acceptors (Lipinski definition) is 3. The van der Waals surface area contributed by atoms with Crippen LogP contribution < -0.4 is 0 Å². The van der Waals surface area contributed by atoms with Crippen LogP contribution in [-0.4, -0.2) is 50.0 Å². The van der Waals surface area contributed by atoms with Crippen molar-refractivity contribution in [1.82, 2.24) is 14.5 Å². The van der Waals surface area contributed by atoms with E-state index >= 15 is 0 Å². The summed E-state index contributed by atoms with van der Waals surface area (Å²) in [6.07, 6.45) is 4.48. The smallest absolute Gasteiger partial charge is 0.407 e. The molecule has 6 heteroatoms. The largest absolute Gasteiger partial charge is 0.465 e. The molecule has 126 valence electrons. The Morgan fingerprint density at radius 3 is 2.79 bits per heavy atom. The van der Waals surface area contributed by atoms with Crippen molar-refractivity contribution >= 4 is 6.09 Å². The molecule has 3 heterocycles. The lowest BCUT2D eigenvalue weighted by molar-refractivity contribution is 0.0469. The molecule has 2 N–H and O–H groups in total. The minimum Gasteiger partial charge on any atom is -0.465 e. The highest BCUT2D eigenvalue weighted by Gasteiger charge is 2.33. The van der Waals surface area contributed by atoms with Gasteiger partial charge >= 0.3 is 6.09 Å². The van der Waals surface area contributed by atoms with Crippen molar-refractivity contribution in [3.05, 3.63) is 42.4 Å². The zero-order valence-electron chi connectivity index (χ0n) is 13.4. The van der Waals surface area contributed by atoms with Gasteiger partial charge in [0.1, 0.15) is 0 Å². The second-order valence-corrected chi connectivity index (χ2v) is 6.70. The molecule has 2 atom stereocenters. The fourth-order valence-electron chi connectivity index (χ4n) is 4.07. The van der Waals surface area contributed by atoms with Crippen LogP contribution in [0.3, 0.4) is 0 Å². The van der Waals surface area contributed by atoms with Gasteiger partial charge in [-0.2, -0.15) is 0 Å². The van der Waals surface area contributed by atoms with E-state index in [4.69, 9.17) is 5.11 Å². The van der Waals surface area contributed by atoms with Crippen LogP contribution in [-0.2, 0) is 0 Å². The molecule has 1 aromatic heterocycles. The Morgan fingerprint density at radius 1 is 1.29 bits per heavy atom. The molecule has 1 amide bonds. The molecule has 2 aromatic rings. The van der Waals surface area contributed by atoms with Crippen molar-refractivity contribution in [1.29, 1.82) is 0 Å². The lowest BCUT2D eigenvalue weighted by Crippen LogP contribution is -2.40. The number of likely N-dealkylation sites (tertiary alicyclic amines) is 1. The topological polar surface area (TPSA) is 78.6 Å². The summed E-state index contributed by atoms with van der Waals surface area (Å²) < 4.78 is 2.14. The van der Waals surface area contributed by atoms with E-state index in [1.165, 1.54) is 16.0 Å². The first-order valence-electron chi connectivity index (χ1n) is 8.42. The van der Waals surface area contributed by atoms with Crippen LogP contribution >= 0.6 is 0 Å². The Bertz CT molecular complexity index is 749. The van der Waals surface area contributed by atoms with Crippen molar-refractivity contribution in [2.75, 3.05) is 13.1 Å². The van der Waals surface area contributed by atoms with Crippen molar-refractivity contribution in [2.45, 2.75) is 31.4 Å². The maximum Gasteiger partial charge on any atom is 0.407 e. The number of rotatable bonds is 3. The standard InChI is InChI=1S/C18H21N3O3/c22-17(12-5-7-20(8-6-12)18(23)24)9-15-13-3-1-2-4-14(13)16-10-19-11-21(15)16/h1-4,10-12,15,17,22H,5-9H2,(H,23,24)/t15-,17-/m1/s1. The summed E-state index contributed by atoms with van der Waals surface area (Å²) in [5.74, 6) is 0.153. The molecule has 0 bridgehead atoms. The summed E-state index contributed by atoms with van der Waals surface area (Å²) in [6, 6.07) is 8.37. The van der Waals surface area contributed by atoms with Gasteiger partial charge in [-0.15, -0.1) is 0 Å². The fraction of sp³-hybridized carbons (Fsp3) is 0.444. The molecule has 1 aromatic carbocycles. The number of imidazole rings is 1. The summed E-state index contributed by atoms with van der Waals surface area (Å²) in [5.41, 5.74) is 3.52. The Morgan fingerprint density at radius 2 is 2.04 bits per heavy atom. The monoisotopic (exact) mass is 327 g/mol. The molecular weight excluding hydrogens is 306 g/mol. The molecule has 6 nitrogen and oxygen atoms in total. The normalized spacial score (nSPS) is 21.4. The lowest BCUT2D eigenvalue weighted by Gasteiger charge is -2.33. The first kappa shape index (κ1) is 15.2. The third-order valence-corrected chi connectivity index (χ3v) is 5.42. The Hall–Kier alpha value is -2.34. The lowest BCUT2D eigenvalue weighted by atomic mass is 9.86. The number of amides is 1. The minimum absolute atomic E-state index is 0.103. The van der Waals surface area contributed by atoms with Gasteiger partial charge in [0.05, 0.1) is 30.4 Å². The number of aliphatic hydroxyl groups excluding tert-OH is 1. The molecule has 24 heavy (non-hydrogen) atoms. The van der Waals surface area contributed by atoms with E-state index in [2.05, 4.69) is 21.7 Å². The SMILES string of the molecule is O=C(O)N1CCC([C@H](O)C[C@@H]2c3ccccc3-c3cncn32)CC1. The summed E-state index contributed by atoms with van der Waals surface area (Å²) >= 11 is 0. The zero-order valence-corrected chi connectivity index (χ0v) is 13.4. The molecule has 0 unspecified atom stereocenters. The van der Waals surface area contributed by atoms with Crippen molar-refractivity contribution < 1.29 is 15.0 Å². The minimum atomic E-state index is -0.865. The van der Waals surface area contributed by atoms with Gasteiger partial charge in [-0.05, 0) is 30.7 Å². The second kappa shape index (κ2) is 5.94. The number of benzene rings is 1. The summed E-state index contributed by atoms with van der Waals surface area (Å²) in [4.78, 5) is 16.7. The highest BCUT2D eigenvalue weighted by Crippen LogP contribution is 2.42. The van der Waals surface area contributed by atoms with Gasteiger partial charge < -0.3 is 19.7 Å². The van der Waals surface area contributed by atoms with Gasteiger partial charge in [0, 0.05) is 18.7 Å². The first-order valence-corrected chi connectivity index (χ1v) is 8.42. The Balaban J connectivity index is 1.49. The third-order valence-electron chi connectivity index (χ3n) is 5.42. The second-order valence-electron chi connectivity index (χ2n) is 6.70. The molecule has 1 saturated heterocycles. The molecular formula is C18H21N3O3. The van der Waals surface area contributed by atoms with E-state index in [0.29, 0.717) is 19.5 Å². The van der Waals surface area contributed by atoms with Crippen LogP contribution in [0.15, 0.2) is 36.8 Å². The summed E-state index contributed by atoms with van der Waals surface area (Å²) in [5, 5.41) is 19.8. The molecule has 0 radical (unpaired) electrons. The van der Waals surface area contributed by atoms with Gasteiger partial charge in [0.25, 0.3) is 0 Å². The van der Waals surface area contributed by atoms with Crippen molar-refractivity contribution in [3.63, 3.8) is 0 Å². The van der Waals surface area contributed by atoms with Crippen LogP contribution in [0.4, 0.5) is 4.79 Å². The first-order chi connectivity index (χ1) is 11.6. The van der Waals surface area contributed by atoms with E-state index in [1.54, 1.807) is 0 Å². The molecule has 0 aliphatic carbocycles. The van der Waals surface area contributed by atoms with E-state index < -0.39 is 12.2 Å². The maximum atomic E-state index is 11.0. The van der Waals surface area contributed by atoms with Gasteiger partial charge in [0.15, 0.2) is 0 Å². The molecule has 2 aliphatic rings. The van der Waals surface area contributed by atoms with Gasteiger partial charge in [-0.1, -0.05) is 24.3 Å². The Labute approximate surface area is 140 Å². The van der Waals surface area contributed by atoms with E-state index in [-0.39, 0.29) is 12.0 Å². The van der Waals surface area contributed by atoms with Crippen molar-refractivity contribution in [3.8, 4) is 11.3 Å². The quantitative estimate of drug-likeness (QED) is 0.908. The number of hydrogen-bond donors (Lipinski definition) is 2. The summed E-state index contributed by atoms with van der Waals surface area (Å²) in [7, 11) is 0. The van der Waals surface area contributed by atoms with Crippen molar-refractivity contribution in [2.24, 2.45) is 5.92 Å². The molecule has 0 spiro atoms. The average molecular weight is 327 g/mol. The zero-order chi connectivity index (χ0) is 16.7. The predicted octanol–water partition coefficient (Wildman–Crippen LogP) is 2.59. The predicted molar refractivity (Wildman–Crippen MR) is 88.7 cm³/mol. The average Bonchev–Trinajstić information content (AvgIpc) is 3.18. The van der Waals surface area contributed by atoms with Crippen LogP contribution in [0, 0.1) is 5.92 Å². The highest BCUT2D eigenvalue weighted by atomic mass is 16.4. The molecule has 2 aliphatic heterocycles. The summed E-state index contributed by atoms with van der Waals surface area (Å²) in [6.45, 7) is 1.02. The van der Waals surface area contributed by atoms with Crippen LogP contribution in [0.5, 0.6) is 0 Å². The van der Waals surface area contributed by atoms with Gasteiger partial charge in [-0.3, -0.25) is 0 Å². The number of carbonyl (C=O) groups is 1. The van der Waals surface area contributed by atoms with E-state index in [9.17, 15) is 9.90 Å².